The molecule has 1 aromatic rings. The van der Waals surface area contributed by atoms with Crippen molar-refractivity contribution >= 4 is 5.91 Å². The molecule has 0 aliphatic carbocycles. The number of nitrogens with zero attached hydrogens (tertiary/aromatic N) is 2. The Hall–Kier alpha value is -1.42. The number of amides is 1. The SMILES string of the molecule is CCC(C(N)=O)N(C)CCc1ccncc1. The minimum Gasteiger partial charge on any atom is -0.368 e. The second-order valence-electron chi connectivity index (χ2n) is 3.91. The van der Waals surface area contributed by atoms with Gasteiger partial charge >= 0.3 is 0 Å². The molecule has 1 unspecified atom stereocenters. The van der Waals surface area contributed by atoms with Gasteiger partial charge < -0.3 is 5.73 Å². The van der Waals surface area contributed by atoms with E-state index in [4.69, 9.17) is 5.73 Å². The maximum absolute atomic E-state index is 11.2. The van der Waals surface area contributed by atoms with E-state index in [1.54, 1.807) is 12.4 Å². The van der Waals surface area contributed by atoms with Crippen LogP contribution in [0.3, 0.4) is 0 Å². The Balaban J connectivity index is 2.46. The van der Waals surface area contributed by atoms with Crippen LogP contribution in [-0.4, -0.2) is 35.4 Å². The van der Waals surface area contributed by atoms with Gasteiger partial charge in [-0.15, -0.1) is 0 Å². The second-order valence-corrected chi connectivity index (χ2v) is 3.91. The number of pyridine rings is 1. The van der Waals surface area contributed by atoms with E-state index in [0.29, 0.717) is 0 Å². The van der Waals surface area contributed by atoms with Crippen LogP contribution < -0.4 is 5.73 Å². The summed E-state index contributed by atoms with van der Waals surface area (Å²) in [5, 5.41) is 0. The number of aromatic nitrogens is 1. The van der Waals surface area contributed by atoms with Gasteiger partial charge in [0.15, 0.2) is 0 Å². The number of nitrogens with two attached hydrogens (primary N) is 1. The maximum atomic E-state index is 11.2. The lowest BCUT2D eigenvalue weighted by atomic mass is 10.1. The number of primary amides is 1. The van der Waals surface area contributed by atoms with E-state index in [1.807, 2.05) is 31.0 Å². The van der Waals surface area contributed by atoms with E-state index in [0.717, 1.165) is 19.4 Å². The molecule has 0 fully saturated rings. The predicted molar refractivity (Wildman–Crippen MR) is 63.8 cm³/mol. The molecule has 0 saturated carbocycles. The third-order valence-corrected chi connectivity index (χ3v) is 2.75. The monoisotopic (exact) mass is 221 g/mol. The maximum Gasteiger partial charge on any atom is 0.234 e. The van der Waals surface area contributed by atoms with Gasteiger partial charge in [-0.1, -0.05) is 6.92 Å². The lowest BCUT2D eigenvalue weighted by Gasteiger charge is -2.24. The zero-order valence-electron chi connectivity index (χ0n) is 9.89. The fourth-order valence-corrected chi connectivity index (χ4v) is 1.74. The summed E-state index contributed by atoms with van der Waals surface area (Å²) in [6.07, 6.45) is 5.21. The van der Waals surface area contributed by atoms with Crippen molar-refractivity contribution in [1.82, 2.24) is 9.88 Å². The summed E-state index contributed by atoms with van der Waals surface area (Å²) in [6.45, 7) is 2.80. The van der Waals surface area contributed by atoms with Crippen molar-refractivity contribution < 1.29 is 4.79 Å². The topological polar surface area (TPSA) is 59.2 Å². The molecule has 1 aromatic heterocycles. The molecule has 1 heterocycles. The normalized spacial score (nSPS) is 12.7. The largest absolute Gasteiger partial charge is 0.368 e. The third-order valence-electron chi connectivity index (χ3n) is 2.75. The average Bonchev–Trinajstić information content (AvgIpc) is 2.28. The predicted octanol–water partition coefficient (Wildman–Crippen LogP) is 0.820. The van der Waals surface area contributed by atoms with Gasteiger partial charge in [-0.2, -0.15) is 0 Å². The number of hydrogen-bond acceptors (Lipinski definition) is 3. The Bertz CT molecular complexity index is 326. The molecule has 16 heavy (non-hydrogen) atoms. The molecule has 0 radical (unpaired) electrons. The van der Waals surface area contributed by atoms with Crippen LogP contribution in [0.25, 0.3) is 0 Å². The zero-order valence-corrected chi connectivity index (χ0v) is 9.89. The van der Waals surface area contributed by atoms with Crippen LogP contribution in [-0.2, 0) is 11.2 Å². The summed E-state index contributed by atoms with van der Waals surface area (Å²) < 4.78 is 0. The van der Waals surface area contributed by atoms with Crippen molar-refractivity contribution in [2.45, 2.75) is 25.8 Å². The molecule has 0 aliphatic heterocycles. The number of carbonyl (C=O) groups is 1. The molecule has 4 nitrogen and oxygen atoms in total. The minimum absolute atomic E-state index is 0.165. The Morgan fingerprint density at radius 2 is 2.12 bits per heavy atom. The molecule has 2 N–H and O–H groups in total. The second kappa shape index (κ2) is 6.23. The van der Waals surface area contributed by atoms with Crippen LogP contribution in [0.4, 0.5) is 0 Å². The number of likely N-dealkylation sites (N-methyl/N-ethyl adjacent to an activating group) is 1. The Morgan fingerprint density at radius 1 is 1.50 bits per heavy atom. The first kappa shape index (κ1) is 12.6. The van der Waals surface area contributed by atoms with E-state index in [-0.39, 0.29) is 11.9 Å². The molecule has 4 heteroatoms. The number of carbonyl (C=O) groups excluding carboxylic acids is 1. The molecule has 1 rings (SSSR count). The van der Waals surface area contributed by atoms with Crippen molar-refractivity contribution in [3.05, 3.63) is 30.1 Å². The van der Waals surface area contributed by atoms with Gasteiger partial charge in [0.05, 0.1) is 6.04 Å². The highest BCUT2D eigenvalue weighted by molar-refractivity contribution is 5.79. The van der Waals surface area contributed by atoms with Crippen LogP contribution in [0.15, 0.2) is 24.5 Å². The first-order chi connectivity index (χ1) is 7.65. The molecule has 88 valence electrons. The van der Waals surface area contributed by atoms with Crippen molar-refractivity contribution in [3.63, 3.8) is 0 Å². The van der Waals surface area contributed by atoms with Crippen LogP contribution in [0.2, 0.25) is 0 Å². The van der Waals surface area contributed by atoms with Gasteiger partial charge in [0, 0.05) is 18.9 Å². The summed E-state index contributed by atoms with van der Waals surface area (Å²) in [5.41, 5.74) is 6.55. The van der Waals surface area contributed by atoms with Crippen molar-refractivity contribution in [2.75, 3.05) is 13.6 Å². The molecule has 1 atom stereocenters. The molecule has 0 saturated heterocycles. The van der Waals surface area contributed by atoms with Crippen LogP contribution in [0.1, 0.15) is 18.9 Å². The van der Waals surface area contributed by atoms with Gasteiger partial charge in [-0.3, -0.25) is 14.7 Å². The molecule has 0 bridgehead atoms. The smallest absolute Gasteiger partial charge is 0.234 e. The molecular weight excluding hydrogens is 202 g/mol. The zero-order chi connectivity index (χ0) is 12.0. The van der Waals surface area contributed by atoms with Crippen molar-refractivity contribution in [1.29, 1.82) is 0 Å². The quantitative estimate of drug-likeness (QED) is 0.773. The Kier molecular flexibility index (Phi) is 4.92. The van der Waals surface area contributed by atoms with Crippen LogP contribution in [0.5, 0.6) is 0 Å². The Labute approximate surface area is 96.5 Å². The van der Waals surface area contributed by atoms with E-state index in [1.165, 1.54) is 5.56 Å². The van der Waals surface area contributed by atoms with Crippen molar-refractivity contribution in [2.24, 2.45) is 5.73 Å². The average molecular weight is 221 g/mol. The summed E-state index contributed by atoms with van der Waals surface area (Å²) in [4.78, 5) is 17.1. The summed E-state index contributed by atoms with van der Waals surface area (Å²) in [7, 11) is 1.93. The molecule has 0 spiro atoms. The molecular formula is C12H19N3O. The molecule has 0 aromatic carbocycles. The number of hydrogen-bond donors (Lipinski definition) is 1. The third kappa shape index (κ3) is 3.62. The van der Waals surface area contributed by atoms with E-state index >= 15 is 0 Å². The van der Waals surface area contributed by atoms with Gasteiger partial charge in [-0.05, 0) is 37.6 Å². The highest BCUT2D eigenvalue weighted by atomic mass is 16.1. The van der Waals surface area contributed by atoms with E-state index < -0.39 is 0 Å². The molecule has 1 amide bonds. The van der Waals surface area contributed by atoms with E-state index in [2.05, 4.69) is 4.98 Å². The summed E-state index contributed by atoms with van der Waals surface area (Å²) in [6, 6.07) is 3.81. The number of rotatable bonds is 6. The van der Waals surface area contributed by atoms with Crippen molar-refractivity contribution in [3.8, 4) is 0 Å². The van der Waals surface area contributed by atoms with Gasteiger partial charge in [0.1, 0.15) is 0 Å². The fraction of sp³-hybridized carbons (Fsp3) is 0.500. The van der Waals surface area contributed by atoms with Crippen LogP contribution >= 0.6 is 0 Å². The highest BCUT2D eigenvalue weighted by Crippen LogP contribution is 2.04. The van der Waals surface area contributed by atoms with Crippen LogP contribution in [0, 0.1) is 0 Å². The Morgan fingerprint density at radius 3 is 2.62 bits per heavy atom. The van der Waals surface area contributed by atoms with E-state index in [9.17, 15) is 4.79 Å². The van der Waals surface area contributed by atoms with Gasteiger partial charge in [0.2, 0.25) is 5.91 Å². The first-order valence-corrected chi connectivity index (χ1v) is 5.53. The van der Waals surface area contributed by atoms with Gasteiger partial charge in [-0.25, -0.2) is 0 Å². The fourth-order valence-electron chi connectivity index (χ4n) is 1.74. The summed E-state index contributed by atoms with van der Waals surface area (Å²) in [5.74, 6) is -0.250. The standard InChI is InChI=1S/C12H19N3O/c1-3-11(12(13)16)15(2)9-6-10-4-7-14-8-5-10/h4-5,7-8,11H,3,6,9H2,1-2H3,(H2,13,16). The first-order valence-electron chi connectivity index (χ1n) is 5.53. The molecule has 0 aliphatic rings. The highest BCUT2D eigenvalue weighted by Gasteiger charge is 2.17. The minimum atomic E-state index is -0.250. The van der Waals surface area contributed by atoms with Gasteiger partial charge in [0.25, 0.3) is 0 Å². The lowest BCUT2D eigenvalue weighted by Crippen LogP contribution is -2.42. The lowest BCUT2D eigenvalue weighted by molar-refractivity contribution is -0.122. The summed E-state index contributed by atoms with van der Waals surface area (Å²) >= 11 is 0.